The van der Waals surface area contributed by atoms with E-state index in [0.29, 0.717) is 13.1 Å². The van der Waals surface area contributed by atoms with Crippen LogP contribution < -0.4 is 16.4 Å². The molecule has 0 saturated heterocycles. The van der Waals surface area contributed by atoms with Crippen molar-refractivity contribution >= 4 is 17.4 Å². The van der Waals surface area contributed by atoms with Gasteiger partial charge in [0.1, 0.15) is 11.9 Å². The Labute approximate surface area is 115 Å². The van der Waals surface area contributed by atoms with E-state index in [2.05, 4.69) is 21.7 Å². The van der Waals surface area contributed by atoms with Crippen molar-refractivity contribution in [2.45, 2.75) is 6.04 Å². The van der Waals surface area contributed by atoms with Crippen LogP contribution in [-0.4, -0.2) is 28.7 Å². The van der Waals surface area contributed by atoms with Crippen molar-refractivity contribution < 1.29 is 4.79 Å². The van der Waals surface area contributed by atoms with Crippen LogP contribution in [0.4, 0.5) is 4.79 Å². The number of nitrogens with one attached hydrogen (secondary N) is 2. The molecular weight excluding hydrogens is 262 g/mol. The maximum absolute atomic E-state index is 10.6. The number of urea groups is 1. The van der Waals surface area contributed by atoms with Crippen LogP contribution >= 0.6 is 11.3 Å². The second-order valence-corrected chi connectivity index (χ2v) is 5.07. The van der Waals surface area contributed by atoms with E-state index in [9.17, 15) is 4.79 Å². The summed E-state index contributed by atoms with van der Waals surface area (Å²) in [5.74, 6) is 0.946. The fraction of sp³-hybridized carbons (Fsp3) is 0.333. The van der Waals surface area contributed by atoms with Crippen molar-refractivity contribution in [3.05, 3.63) is 40.6 Å². The number of primary amides is 1. The van der Waals surface area contributed by atoms with Crippen LogP contribution in [0.25, 0.3) is 0 Å². The van der Waals surface area contributed by atoms with Gasteiger partial charge in [-0.25, -0.2) is 9.78 Å². The first-order valence-corrected chi connectivity index (χ1v) is 6.83. The molecule has 2 aromatic heterocycles. The smallest absolute Gasteiger partial charge is 0.312 e. The van der Waals surface area contributed by atoms with Crippen LogP contribution in [0, 0.1) is 0 Å². The summed E-state index contributed by atoms with van der Waals surface area (Å²) in [4.78, 5) is 16.2. The second kappa shape index (κ2) is 6.35. The number of thiophene rings is 1. The van der Waals surface area contributed by atoms with Gasteiger partial charge in [0.25, 0.3) is 0 Å². The zero-order chi connectivity index (χ0) is 13.7. The van der Waals surface area contributed by atoms with Crippen molar-refractivity contribution in [1.29, 1.82) is 0 Å². The fourth-order valence-corrected chi connectivity index (χ4v) is 2.63. The Morgan fingerprint density at radius 2 is 2.42 bits per heavy atom. The fourth-order valence-electron chi connectivity index (χ4n) is 1.83. The SMILES string of the molecule is Cn1ccnc1C(NCCNC(N)=O)c1cccs1. The molecule has 0 saturated carbocycles. The molecule has 102 valence electrons. The highest BCUT2D eigenvalue weighted by Crippen LogP contribution is 2.24. The molecule has 0 aliphatic heterocycles. The van der Waals surface area contributed by atoms with Gasteiger partial charge >= 0.3 is 6.03 Å². The van der Waals surface area contributed by atoms with Crippen molar-refractivity contribution in [3.63, 3.8) is 0 Å². The zero-order valence-corrected chi connectivity index (χ0v) is 11.5. The molecule has 0 bridgehead atoms. The Bertz CT molecular complexity index is 522. The number of aromatic nitrogens is 2. The van der Waals surface area contributed by atoms with E-state index in [0.717, 1.165) is 5.82 Å². The lowest BCUT2D eigenvalue weighted by Crippen LogP contribution is -2.37. The third-order valence-electron chi connectivity index (χ3n) is 2.72. The van der Waals surface area contributed by atoms with Gasteiger partial charge < -0.3 is 20.9 Å². The van der Waals surface area contributed by atoms with E-state index in [1.807, 2.05) is 29.3 Å². The van der Waals surface area contributed by atoms with E-state index in [1.54, 1.807) is 17.5 Å². The van der Waals surface area contributed by atoms with Crippen LogP contribution in [-0.2, 0) is 7.05 Å². The molecule has 2 amide bonds. The molecule has 0 spiro atoms. The predicted octanol–water partition coefficient (Wildman–Crippen LogP) is 0.829. The normalized spacial score (nSPS) is 12.3. The first kappa shape index (κ1) is 13.6. The molecule has 0 aliphatic rings. The summed E-state index contributed by atoms with van der Waals surface area (Å²) in [5.41, 5.74) is 5.03. The minimum atomic E-state index is -0.508. The van der Waals surface area contributed by atoms with E-state index in [-0.39, 0.29) is 6.04 Å². The molecule has 19 heavy (non-hydrogen) atoms. The summed E-state index contributed by atoms with van der Waals surface area (Å²) in [6.07, 6.45) is 3.69. The Hall–Kier alpha value is -1.86. The maximum atomic E-state index is 10.6. The van der Waals surface area contributed by atoms with Gasteiger partial charge in [-0.3, -0.25) is 0 Å². The number of hydrogen-bond acceptors (Lipinski definition) is 4. The summed E-state index contributed by atoms with van der Waals surface area (Å²) < 4.78 is 1.99. The highest BCUT2D eigenvalue weighted by atomic mass is 32.1. The van der Waals surface area contributed by atoms with Gasteiger partial charge in [0.15, 0.2) is 0 Å². The molecule has 1 atom stereocenters. The number of nitrogens with zero attached hydrogens (tertiary/aromatic N) is 2. The van der Waals surface area contributed by atoms with Crippen molar-refractivity contribution in [2.24, 2.45) is 12.8 Å². The molecule has 0 fully saturated rings. The van der Waals surface area contributed by atoms with Crippen LogP contribution in [0.5, 0.6) is 0 Å². The average Bonchev–Trinajstić information content (AvgIpc) is 3.01. The Kier molecular flexibility index (Phi) is 4.53. The molecule has 6 nitrogen and oxygen atoms in total. The minimum Gasteiger partial charge on any atom is -0.352 e. The summed E-state index contributed by atoms with van der Waals surface area (Å²) in [6.45, 7) is 1.11. The van der Waals surface area contributed by atoms with Crippen molar-refractivity contribution in [2.75, 3.05) is 13.1 Å². The molecule has 0 aliphatic carbocycles. The lowest BCUT2D eigenvalue weighted by molar-refractivity contribution is 0.249. The number of rotatable bonds is 6. The van der Waals surface area contributed by atoms with Gasteiger partial charge in [-0.05, 0) is 11.4 Å². The largest absolute Gasteiger partial charge is 0.352 e. The van der Waals surface area contributed by atoms with E-state index in [4.69, 9.17) is 5.73 Å². The van der Waals surface area contributed by atoms with Crippen molar-refractivity contribution in [1.82, 2.24) is 20.2 Å². The average molecular weight is 279 g/mol. The highest BCUT2D eigenvalue weighted by Gasteiger charge is 2.18. The molecule has 7 heteroatoms. The van der Waals surface area contributed by atoms with Crippen LogP contribution in [0.1, 0.15) is 16.7 Å². The summed E-state index contributed by atoms with van der Waals surface area (Å²) in [7, 11) is 1.96. The topological polar surface area (TPSA) is 85.0 Å². The molecule has 2 heterocycles. The summed E-state index contributed by atoms with van der Waals surface area (Å²) in [5, 5.41) is 7.97. The summed E-state index contributed by atoms with van der Waals surface area (Å²) >= 11 is 1.67. The maximum Gasteiger partial charge on any atom is 0.312 e. The van der Waals surface area contributed by atoms with Crippen LogP contribution in [0.15, 0.2) is 29.9 Å². The van der Waals surface area contributed by atoms with Crippen LogP contribution in [0.3, 0.4) is 0 Å². The highest BCUT2D eigenvalue weighted by molar-refractivity contribution is 7.10. The van der Waals surface area contributed by atoms with Crippen LogP contribution in [0.2, 0.25) is 0 Å². The van der Waals surface area contributed by atoms with Gasteiger partial charge in [-0.2, -0.15) is 0 Å². The quantitative estimate of drug-likeness (QED) is 0.685. The minimum absolute atomic E-state index is 0.0228. The Morgan fingerprint density at radius 1 is 1.58 bits per heavy atom. The van der Waals surface area contributed by atoms with E-state index >= 15 is 0 Å². The van der Waals surface area contributed by atoms with Gasteiger partial charge in [-0.1, -0.05) is 6.07 Å². The number of aryl methyl sites for hydroxylation is 1. The zero-order valence-electron chi connectivity index (χ0n) is 10.7. The second-order valence-electron chi connectivity index (χ2n) is 4.09. The lowest BCUT2D eigenvalue weighted by Gasteiger charge is -2.17. The summed E-state index contributed by atoms with van der Waals surface area (Å²) in [6, 6.07) is 3.60. The standard InChI is InChI=1S/C12H17N5OS/c1-17-7-6-15-11(17)10(9-3-2-8-19-9)14-4-5-16-12(13)18/h2-3,6-8,10,14H,4-5H2,1H3,(H3,13,16,18). The number of carbonyl (C=O) groups excluding carboxylic acids is 1. The van der Waals surface area contributed by atoms with Gasteiger partial charge in [0.05, 0.1) is 0 Å². The first-order valence-electron chi connectivity index (χ1n) is 5.96. The lowest BCUT2D eigenvalue weighted by atomic mass is 10.2. The number of carbonyl (C=O) groups is 1. The predicted molar refractivity (Wildman–Crippen MR) is 75.0 cm³/mol. The molecule has 0 radical (unpaired) electrons. The molecule has 1 unspecified atom stereocenters. The Morgan fingerprint density at radius 3 is 3.00 bits per heavy atom. The van der Waals surface area contributed by atoms with E-state index in [1.165, 1.54) is 4.88 Å². The third-order valence-corrected chi connectivity index (χ3v) is 3.65. The molecule has 2 aromatic rings. The number of imidazole rings is 1. The molecule has 0 aromatic carbocycles. The monoisotopic (exact) mass is 279 g/mol. The van der Waals surface area contributed by atoms with Crippen molar-refractivity contribution in [3.8, 4) is 0 Å². The van der Waals surface area contributed by atoms with Gasteiger partial charge in [0, 0.05) is 37.4 Å². The number of hydrogen-bond donors (Lipinski definition) is 3. The van der Waals surface area contributed by atoms with E-state index < -0.39 is 6.03 Å². The number of amides is 2. The molecule has 4 N–H and O–H groups in total. The number of nitrogens with two attached hydrogens (primary N) is 1. The molecule has 2 rings (SSSR count). The first-order chi connectivity index (χ1) is 9.18. The molecular formula is C12H17N5OS. The Balaban J connectivity index is 2.04. The van der Waals surface area contributed by atoms with Gasteiger partial charge in [-0.15, -0.1) is 11.3 Å². The van der Waals surface area contributed by atoms with Gasteiger partial charge in [0.2, 0.25) is 0 Å². The third kappa shape index (κ3) is 3.55.